The third-order valence-electron chi connectivity index (χ3n) is 8.46. The lowest BCUT2D eigenvalue weighted by atomic mass is 9.98. The van der Waals surface area contributed by atoms with E-state index in [0.717, 1.165) is 70.6 Å². The van der Waals surface area contributed by atoms with Gasteiger partial charge in [-0.05, 0) is 58.7 Å². The average Bonchev–Trinajstić information content (AvgIpc) is 3.78. The number of tetrazole rings is 1. The van der Waals surface area contributed by atoms with Crippen LogP contribution in [0.5, 0.6) is 0 Å². The molecule has 0 aliphatic heterocycles. The fourth-order valence-corrected chi connectivity index (χ4v) is 6.11. The minimum atomic E-state index is 0.234. The molecule has 0 saturated carbocycles. The number of H-pyrrole nitrogens is 1. The molecule has 3 aromatic heterocycles. The van der Waals surface area contributed by atoms with E-state index in [4.69, 9.17) is 15.2 Å². The lowest BCUT2D eigenvalue weighted by molar-refractivity contribution is 0.680. The number of benzene rings is 4. The summed E-state index contributed by atoms with van der Waals surface area (Å²) in [6.45, 7) is 5.12. The second-order valence-corrected chi connectivity index (χ2v) is 12.0. The maximum Gasteiger partial charge on any atom is 0.205 e. The third-order valence-corrected chi connectivity index (χ3v) is 8.46. The Labute approximate surface area is 268 Å². The van der Waals surface area contributed by atoms with Gasteiger partial charge in [0.2, 0.25) is 5.82 Å². The number of fused-ring (bicyclic) bond motifs is 1. The molecule has 0 aliphatic carbocycles. The van der Waals surface area contributed by atoms with Crippen LogP contribution in [0.25, 0.3) is 33.5 Å². The Morgan fingerprint density at radius 2 is 1.22 bits per heavy atom. The van der Waals surface area contributed by atoms with Gasteiger partial charge in [-0.25, -0.2) is 4.98 Å². The SMILES string of the molecule is CC(C)c1nc2c(CCc3ccccc3)nnc(CCc3ccccc3)c2n1Cc1ccc(-c2ccccc2-c2nn[nH]n2)cc1. The third kappa shape index (κ3) is 6.19. The largest absolute Gasteiger partial charge is 0.322 e. The highest BCUT2D eigenvalue weighted by atomic mass is 15.5. The van der Waals surface area contributed by atoms with Crippen LogP contribution in [-0.2, 0) is 32.2 Å². The number of hydrogen-bond donors (Lipinski definition) is 1. The van der Waals surface area contributed by atoms with Crippen LogP contribution in [-0.4, -0.2) is 40.4 Å². The van der Waals surface area contributed by atoms with E-state index >= 15 is 0 Å². The van der Waals surface area contributed by atoms with Crippen molar-refractivity contribution in [3.63, 3.8) is 0 Å². The molecule has 0 fully saturated rings. The van der Waals surface area contributed by atoms with E-state index in [0.29, 0.717) is 12.4 Å². The molecule has 0 spiro atoms. The maximum absolute atomic E-state index is 5.28. The molecule has 0 bridgehead atoms. The van der Waals surface area contributed by atoms with Crippen molar-refractivity contribution in [2.24, 2.45) is 0 Å². The Hall–Kier alpha value is -5.50. The zero-order valence-corrected chi connectivity index (χ0v) is 26.1. The molecule has 8 heteroatoms. The number of imidazole rings is 1. The van der Waals surface area contributed by atoms with Gasteiger partial charge >= 0.3 is 0 Å². The zero-order valence-electron chi connectivity index (χ0n) is 26.1. The molecule has 46 heavy (non-hydrogen) atoms. The lowest BCUT2D eigenvalue weighted by Gasteiger charge is -2.14. The molecule has 3 heterocycles. The van der Waals surface area contributed by atoms with Crippen molar-refractivity contribution in [3.8, 4) is 22.5 Å². The predicted molar refractivity (Wildman–Crippen MR) is 181 cm³/mol. The number of hydrogen-bond acceptors (Lipinski definition) is 6. The fourth-order valence-electron chi connectivity index (χ4n) is 6.11. The Kier molecular flexibility index (Phi) is 8.41. The maximum atomic E-state index is 5.28. The van der Waals surface area contributed by atoms with E-state index < -0.39 is 0 Å². The van der Waals surface area contributed by atoms with Gasteiger partial charge in [-0.15, -0.1) is 10.2 Å². The summed E-state index contributed by atoms with van der Waals surface area (Å²) in [5, 5.41) is 24.4. The Balaban J connectivity index is 1.26. The summed E-state index contributed by atoms with van der Waals surface area (Å²) in [5.41, 5.74) is 10.9. The summed E-state index contributed by atoms with van der Waals surface area (Å²) in [5.74, 6) is 1.87. The topological polar surface area (TPSA) is 98.1 Å². The minimum absolute atomic E-state index is 0.234. The van der Waals surface area contributed by atoms with Crippen LogP contribution in [0.2, 0.25) is 0 Å². The molecular weight excluding hydrogens is 568 g/mol. The second-order valence-electron chi connectivity index (χ2n) is 12.0. The van der Waals surface area contributed by atoms with Gasteiger partial charge in [0.15, 0.2) is 0 Å². The van der Waals surface area contributed by atoms with Gasteiger partial charge < -0.3 is 4.57 Å². The first-order chi connectivity index (χ1) is 22.6. The molecular formula is C38H36N8. The number of aryl methyl sites for hydroxylation is 4. The normalized spacial score (nSPS) is 11.5. The molecule has 0 radical (unpaired) electrons. The molecule has 7 aromatic rings. The number of aromatic nitrogens is 8. The summed E-state index contributed by atoms with van der Waals surface area (Å²) in [6, 6.07) is 38.0. The predicted octanol–water partition coefficient (Wildman–Crippen LogP) is 7.42. The van der Waals surface area contributed by atoms with Gasteiger partial charge in [0.25, 0.3) is 0 Å². The van der Waals surface area contributed by atoms with Crippen molar-refractivity contribution in [2.45, 2.75) is 52.0 Å². The van der Waals surface area contributed by atoms with Gasteiger partial charge in [0.1, 0.15) is 11.3 Å². The van der Waals surface area contributed by atoms with Crippen LogP contribution in [0.1, 0.15) is 53.7 Å². The first-order valence-corrected chi connectivity index (χ1v) is 15.9. The van der Waals surface area contributed by atoms with Crippen molar-refractivity contribution in [3.05, 3.63) is 143 Å². The Morgan fingerprint density at radius 3 is 1.85 bits per heavy atom. The summed E-state index contributed by atoms with van der Waals surface area (Å²) in [4.78, 5) is 5.28. The zero-order chi connectivity index (χ0) is 31.3. The van der Waals surface area contributed by atoms with Crippen molar-refractivity contribution < 1.29 is 0 Å². The number of rotatable bonds is 11. The van der Waals surface area contributed by atoms with E-state index in [2.05, 4.69) is 130 Å². The fraction of sp³-hybridized carbons (Fsp3) is 0.211. The van der Waals surface area contributed by atoms with Gasteiger partial charge in [-0.3, -0.25) is 0 Å². The molecule has 0 aliphatic rings. The van der Waals surface area contributed by atoms with Crippen molar-refractivity contribution in [1.82, 2.24) is 40.4 Å². The van der Waals surface area contributed by atoms with Crippen LogP contribution >= 0.6 is 0 Å². The highest BCUT2D eigenvalue weighted by molar-refractivity contribution is 5.82. The first kappa shape index (κ1) is 29.2. The molecule has 0 saturated heterocycles. The van der Waals surface area contributed by atoms with Crippen LogP contribution in [0, 0.1) is 0 Å². The highest BCUT2D eigenvalue weighted by Crippen LogP contribution is 2.31. The van der Waals surface area contributed by atoms with Gasteiger partial charge in [0, 0.05) is 18.0 Å². The summed E-state index contributed by atoms with van der Waals surface area (Å²) in [6.07, 6.45) is 3.37. The number of aromatic amines is 1. The van der Waals surface area contributed by atoms with Gasteiger partial charge in [-0.2, -0.15) is 15.4 Å². The smallest absolute Gasteiger partial charge is 0.205 e. The van der Waals surface area contributed by atoms with Crippen LogP contribution in [0.15, 0.2) is 109 Å². The van der Waals surface area contributed by atoms with Gasteiger partial charge in [0.05, 0.1) is 16.9 Å². The lowest BCUT2D eigenvalue weighted by Crippen LogP contribution is -2.10. The number of nitrogens with one attached hydrogen (secondary N) is 1. The van der Waals surface area contributed by atoms with Gasteiger partial charge in [-0.1, -0.05) is 123 Å². The Bertz CT molecular complexity index is 2030. The van der Waals surface area contributed by atoms with Crippen LogP contribution < -0.4 is 0 Å². The van der Waals surface area contributed by atoms with Crippen LogP contribution in [0.4, 0.5) is 0 Å². The van der Waals surface area contributed by atoms with E-state index in [1.54, 1.807) is 0 Å². The van der Waals surface area contributed by atoms with Crippen molar-refractivity contribution in [1.29, 1.82) is 0 Å². The summed E-state index contributed by atoms with van der Waals surface area (Å²) >= 11 is 0. The minimum Gasteiger partial charge on any atom is -0.322 e. The monoisotopic (exact) mass is 604 g/mol. The quantitative estimate of drug-likeness (QED) is 0.165. The summed E-state index contributed by atoms with van der Waals surface area (Å²) < 4.78 is 2.38. The van der Waals surface area contributed by atoms with E-state index in [9.17, 15) is 0 Å². The molecule has 8 nitrogen and oxygen atoms in total. The first-order valence-electron chi connectivity index (χ1n) is 15.9. The molecule has 0 unspecified atom stereocenters. The Morgan fingerprint density at radius 1 is 0.609 bits per heavy atom. The molecule has 228 valence electrons. The molecule has 0 atom stereocenters. The van der Waals surface area contributed by atoms with E-state index in [-0.39, 0.29) is 5.92 Å². The van der Waals surface area contributed by atoms with Crippen molar-refractivity contribution >= 4 is 11.0 Å². The van der Waals surface area contributed by atoms with E-state index in [1.807, 2.05) is 18.2 Å². The molecule has 0 amide bonds. The van der Waals surface area contributed by atoms with Crippen molar-refractivity contribution in [2.75, 3.05) is 0 Å². The van der Waals surface area contributed by atoms with Crippen LogP contribution in [0.3, 0.4) is 0 Å². The van der Waals surface area contributed by atoms with E-state index in [1.165, 1.54) is 16.7 Å². The highest BCUT2D eigenvalue weighted by Gasteiger charge is 2.22. The second kappa shape index (κ2) is 13.2. The average molecular weight is 605 g/mol. The number of nitrogens with zero attached hydrogens (tertiary/aromatic N) is 7. The molecule has 4 aromatic carbocycles. The molecule has 1 N–H and O–H groups in total. The molecule has 7 rings (SSSR count). The standard InChI is InChI=1S/C38H36N8/c1-26(2)38-39-35-33(23-19-27-11-5-3-6-12-27)40-41-34(24-20-28-13-7-4-8-14-28)36(35)46(38)25-29-17-21-30(22-18-29)31-15-9-10-16-32(31)37-42-44-45-43-37/h3-18,21-22,26H,19-20,23-25H2,1-2H3,(H,42,43,44,45). The summed E-state index contributed by atoms with van der Waals surface area (Å²) in [7, 11) is 0.